The van der Waals surface area contributed by atoms with Gasteiger partial charge in [0.25, 0.3) is 0 Å². The number of carbonyl (C=O) groups is 1. The van der Waals surface area contributed by atoms with Gasteiger partial charge in [-0.05, 0) is 37.7 Å². The number of nitrogens with zero attached hydrogens (tertiary/aromatic N) is 1. The van der Waals surface area contributed by atoms with Crippen LogP contribution in [0.25, 0.3) is 0 Å². The molecule has 1 fully saturated rings. The predicted molar refractivity (Wildman–Crippen MR) is 75.2 cm³/mol. The average Bonchev–Trinajstić information content (AvgIpc) is 2.65. The van der Waals surface area contributed by atoms with Gasteiger partial charge in [-0.1, -0.05) is 20.3 Å². The summed E-state index contributed by atoms with van der Waals surface area (Å²) >= 11 is 1.90. The third kappa shape index (κ3) is 4.18. The molecule has 1 heterocycles. The summed E-state index contributed by atoms with van der Waals surface area (Å²) in [6.45, 7) is 5.14. The van der Waals surface area contributed by atoms with Gasteiger partial charge >= 0.3 is 0 Å². The Morgan fingerprint density at radius 2 is 2.00 bits per heavy atom. The summed E-state index contributed by atoms with van der Waals surface area (Å²) in [7, 11) is 0. The van der Waals surface area contributed by atoms with Crippen molar-refractivity contribution in [1.29, 1.82) is 0 Å². The van der Waals surface area contributed by atoms with E-state index < -0.39 is 0 Å². The second-order valence-corrected chi connectivity index (χ2v) is 5.62. The Morgan fingerprint density at radius 1 is 1.24 bits per heavy atom. The molecule has 3 nitrogen and oxygen atoms in total. The lowest BCUT2D eigenvalue weighted by Crippen LogP contribution is -2.37. The maximum absolute atomic E-state index is 12.1. The SMILES string of the molecule is CCC1NC(CC)N(CCCCCSC)C1=O. The standard InChI is InChI=1S/C13H26N2OS/c1-4-11-13(16)15(12(5-2)14-11)9-7-6-8-10-17-3/h11-12,14H,4-10H2,1-3H3. The van der Waals surface area contributed by atoms with E-state index in [0.717, 1.165) is 25.8 Å². The normalized spacial score (nSPS) is 24.6. The number of unbranched alkanes of at least 4 members (excludes halogenated alkanes) is 2. The van der Waals surface area contributed by atoms with E-state index in [-0.39, 0.29) is 12.2 Å². The summed E-state index contributed by atoms with van der Waals surface area (Å²) in [5.41, 5.74) is 0. The lowest BCUT2D eigenvalue weighted by molar-refractivity contribution is -0.130. The highest BCUT2D eigenvalue weighted by Crippen LogP contribution is 2.16. The number of rotatable bonds is 8. The van der Waals surface area contributed by atoms with Crippen LogP contribution in [0.4, 0.5) is 0 Å². The van der Waals surface area contributed by atoms with E-state index in [1.54, 1.807) is 0 Å². The molecule has 0 aromatic heterocycles. The van der Waals surface area contributed by atoms with Crippen molar-refractivity contribution in [3.63, 3.8) is 0 Å². The largest absolute Gasteiger partial charge is 0.326 e. The van der Waals surface area contributed by atoms with Crippen molar-refractivity contribution in [2.24, 2.45) is 0 Å². The van der Waals surface area contributed by atoms with Crippen LogP contribution in [0.15, 0.2) is 0 Å². The third-order valence-corrected chi connectivity index (χ3v) is 4.09. The average molecular weight is 258 g/mol. The molecule has 1 aliphatic rings. The van der Waals surface area contributed by atoms with E-state index in [1.165, 1.54) is 18.6 Å². The van der Waals surface area contributed by atoms with Gasteiger partial charge in [-0.25, -0.2) is 0 Å². The molecule has 1 saturated heterocycles. The highest BCUT2D eigenvalue weighted by atomic mass is 32.2. The van der Waals surface area contributed by atoms with Crippen LogP contribution in [0, 0.1) is 0 Å². The minimum absolute atomic E-state index is 0.0612. The Kier molecular flexibility index (Phi) is 6.97. The fourth-order valence-electron chi connectivity index (χ4n) is 2.35. The summed E-state index contributed by atoms with van der Waals surface area (Å²) in [5, 5.41) is 3.41. The molecule has 0 spiro atoms. The zero-order valence-electron chi connectivity index (χ0n) is 11.4. The van der Waals surface area contributed by atoms with Crippen LogP contribution in [0.5, 0.6) is 0 Å². The molecule has 1 amide bonds. The van der Waals surface area contributed by atoms with E-state index >= 15 is 0 Å². The van der Waals surface area contributed by atoms with E-state index in [1.807, 2.05) is 16.7 Å². The first-order valence-corrected chi connectivity index (χ1v) is 8.19. The topological polar surface area (TPSA) is 32.3 Å². The van der Waals surface area contributed by atoms with E-state index in [4.69, 9.17) is 0 Å². The van der Waals surface area contributed by atoms with Gasteiger partial charge < -0.3 is 4.90 Å². The minimum atomic E-state index is 0.0612. The van der Waals surface area contributed by atoms with Crippen molar-refractivity contribution in [3.05, 3.63) is 0 Å². The van der Waals surface area contributed by atoms with Gasteiger partial charge in [-0.2, -0.15) is 11.8 Å². The molecule has 1 aliphatic heterocycles. The van der Waals surface area contributed by atoms with Crippen LogP contribution in [0.1, 0.15) is 46.0 Å². The smallest absolute Gasteiger partial charge is 0.241 e. The fraction of sp³-hybridized carbons (Fsp3) is 0.923. The number of amides is 1. The maximum atomic E-state index is 12.1. The lowest BCUT2D eigenvalue weighted by Gasteiger charge is -2.22. The number of carbonyl (C=O) groups excluding carboxylic acids is 1. The molecular formula is C13H26N2OS. The van der Waals surface area contributed by atoms with Crippen LogP contribution >= 0.6 is 11.8 Å². The van der Waals surface area contributed by atoms with Gasteiger partial charge in [-0.3, -0.25) is 10.1 Å². The van der Waals surface area contributed by atoms with Crippen LogP contribution in [0.3, 0.4) is 0 Å². The van der Waals surface area contributed by atoms with Crippen molar-refractivity contribution in [3.8, 4) is 0 Å². The summed E-state index contributed by atoms with van der Waals surface area (Å²) in [6, 6.07) is 0.0612. The quantitative estimate of drug-likeness (QED) is 0.679. The molecule has 0 aromatic carbocycles. The molecule has 0 saturated carbocycles. The number of nitrogens with one attached hydrogen (secondary N) is 1. The minimum Gasteiger partial charge on any atom is -0.326 e. The molecule has 2 atom stereocenters. The van der Waals surface area contributed by atoms with Gasteiger partial charge in [0.1, 0.15) is 0 Å². The second-order valence-electron chi connectivity index (χ2n) is 4.64. The van der Waals surface area contributed by atoms with Gasteiger partial charge in [0.2, 0.25) is 5.91 Å². The summed E-state index contributed by atoms with van der Waals surface area (Å²) in [6.07, 6.45) is 7.97. The molecule has 17 heavy (non-hydrogen) atoms. The van der Waals surface area contributed by atoms with Crippen LogP contribution in [0.2, 0.25) is 0 Å². The first-order chi connectivity index (χ1) is 8.24. The van der Waals surface area contributed by atoms with E-state index in [2.05, 4.69) is 25.4 Å². The molecular weight excluding hydrogens is 232 g/mol. The van der Waals surface area contributed by atoms with Gasteiger partial charge in [-0.15, -0.1) is 0 Å². The van der Waals surface area contributed by atoms with Crippen molar-refractivity contribution >= 4 is 17.7 Å². The first-order valence-electron chi connectivity index (χ1n) is 6.80. The molecule has 0 radical (unpaired) electrons. The van der Waals surface area contributed by atoms with Crippen LogP contribution in [-0.4, -0.2) is 41.6 Å². The summed E-state index contributed by atoms with van der Waals surface area (Å²) in [4.78, 5) is 14.1. The molecule has 1 rings (SSSR count). The maximum Gasteiger partial charge on any atom is 0.241 e. The van der Waals surface area contributed by atoms with Crippen molar-refractivity contribution in [1.82, 2.24) is 10.2 Å². The van der Waals surface area contributed by atoms with Crippen LogP contribution < -0.4 is 5.32 Å². The highest BCUT2D eigenvalue weighted by molar-refractivity contribution is 7.98. The Morgan fingerprint density at radius 3 is 2.59 bits per heavy atom. The first kappa shape index (κ1) is 14.8. The van der Waals surface area contributed by atoms with Crippen molar-refractivity contribution in [2.45, 2.75) is 58.2 Å². The van der Waals surface area contributed by atoms with E-state index in [9.17, 15) is 4.79 Å². The third-order valence-electron chi connectivity index (χ3n) is 3.39. The predicted octanol–water partition coefficient (Wildman–Crippen LogP) is 2.47. The van der Waals surface area contributed by atoms with Gasteiger partial charge in [0.15, 0.2) is 0 Å². The Bertz CT molecular complexity index is 235. The Hall–Kier alpha value is -0.220. The molecule has 0 aliphatic carbocycles. The molecule has 1 N–H and O–H groups in total. The molecule has 0 aromatic rings. The summed E-state index contributed by atoms with van der Waals surface area (Å²) < 4.78 is 0. The van der Waals surface area contributed by atoms with Crippen molar-refractivity contribution < 1.29 is 4.79 Å². The van der Waals surface area contributed by atoms with Gasteiger partial charge in [0, 0.05) is 6.54 Å². The molecule has 4 heteroatoms. The molecule has 2 unspecified atom stereocenters. The Balaban J connectivity index is 2.32. The highest BCUT2D eigenvalue weighted by Gasteiger charge is 2.35. The number of hydrogen-bond donors (Lipinski definition) is 1. The van der Waals surface area contributed by atoms with Gasteiger partial charge in [0.05, 0.1) is 12.2 Å². The zero-order chi connectivity index (χ0) is 12.7. The lowest BCUT2D eigenvalue weighted by atomic mass is 10.2. The molecule has 100 valence electrons. The second kappa shape index (κ2) is 7.98. The molecule has 0 bridgehead atoms. The number of thioether (sulfide) groups is 1. The fourth-order valence-corrected chi connectivity index (χ4v) is 2.84. The monoisotopic (exact) mass is 258 g/mol. The number of hydrogen-bond acceptors (Lipinski definition) is 3. The van der Waals surface area contributed by atoms with E-state index in [0.29, 0.717) is 5.91 Å². The summed E-state index contributed by atoms with van der Waals surface area (Å²) in [5.74, 6) is 1.55. The van der Waals surface area contributed by atoms with Crippen LogP contribution in [-0.2, 0) is 4.79 Å². The Labute approximate surface area is 110 Å². The van der Waals surface area contributed by atoms with Crippen molar-refractivity contribution in [2.75, 3.05) is 18.6 Å². The zero-order valence-corrected chi connectivity index (χ0v) is 12.2.